The van der Waals surface area contributed by atoms with Gasteiger partial charge in [0, 0.05) is 37.7 Å². The summed E-state index contributed by atoms with van der Waals surface area (Å²) in [5.74, 6) is 0.675. The lowest BCUT2D eigenvalue weighted by Crippen LogP contribution is -2.33. The molecule has 0 atom stereocenters. The summed E-state index contributed by atoms with van der Waals surface area (Å²) in [4.78, 5) is 16.5. The van der Waals surface area contributed by atoms with Crippen LogP contribution in [0.1, 0.15) is 17.4 Å². The van der Waals surface area contributed by atoms with Gasteiger partial charge >= 0.3 is 0 Å². The van der Waals surface area contributed by atoms with Crippen molar-refractivity contribution in [2.24, 2.45) is 0 Å². The molecule has 1 amide bonds. The minimum absolute atomic E-state index is 0.156. The van der Waals surface area contributed by atoms with E-state index in [0.29, 0.717) is 32.0 Å². The van der Waals surface area contributed by atoms with E-state index in [-0.39, 0.29) is 5.91 Å². The van der Waals surface area contributed by atoms with Gasteiger partial charge in [-0.25, -0.2) is 4.98 Å². The number of nitrogens with one attached hydrogen (secondary N) is 2. The molecule has 0 spiro atoms. The molecule has 0 bridgehead atoms. The van der Waals surface area contributed by atoms with Gasteiger partial charge in [0.15, 0.2) is 0 Å². The van der Waals surface area contributed by atoms with Crippen LogP contribution in [0.3, 0.4) is 0 Å². The number of carbonyl (C=O) groups is 1. The van der Waals surface area contributed by atoms with E-state index >= 15 is 0 Å². The molecule has 0 saturated heterocycles. The number of rotatable bonds is 10. The maximum Gasteiger partial charge on any atom is 0.270 e. The lowest BCUT2D eigenvalue weighted by molar-refractivity contribution is 0.0949. The summed E-state index contributed by atoms with van der Waals surface area (Å²) in [6.45, 7) is 5.27. The van der Waals surface area contributed by atoms with Gasteiger partial charge in [0.05, 0.1) is 13.2 Å². The predicted molar refractivity (Wildman–Crippen MR) is 95.8 cm³/mol. The molecular formula is C17H23N3O3S. The number of carbonyl (C=O) groups excluding carboxylic acids is 1. The summed E-state index contributed by atoms with van der Waals surface area (Å²) in [6, 6.07) is 7.72. The number of amides is 1. The number of nitrogens with zero attached hydrogens (tertiary/aromatic N) is 1. The quantitative estimate of drug-likeness (QED) is 0.643. The van der Waals surface area contributed by atoms with Gasteiger partial charge in [-0.05, 0) is 31.2 Å². The molecule has 0 radical (unpaired) electrons. The molecule has 2 rings (SSSR count). The van der Waals surface area contributed by atoms with Crippen LogP contribution in [-0.4, -0.2) is 50.8 Å². The number of hydrogen-bond acceptors (Lipinski definition) is 6. The summed E-state index contributed by atoms with van der Waals surface area (Å²) >= 11 is 1.46. The van der Waals surface area contributed by atoms with Gasteiger partial charge in [-0.2, -0.15) is 0 Å². The molecule has 1 aromatic heterocycles. The van der Waals surface area contributed by atoms with E-state index in [0.717, 1.165) is 22.9 Å². The smallest absolute Gasteiger partial charge is 0.270 e. The van der Waals surface area contributed by atoms with Crippen LogP contribution < -0.4 is 15.4 Å². The van der Waals surface area contributed by atoms with Crippen molar-refractivity contribution >= 4 is 17.2 Å². The van der Waals surface area contributed by atoms with Crippen LogP contribution in [0.5, 0.6) is 5.75 Å². The van der Waals surface area contributed by atoms with Crippen molar-refractivity contribution in [1.29, 1.82) is 0 Å². The Labute approximate surface area is 146 Å². The molecule has 2 aromatic rings. The van der Waals surface area contributed by atoms with Gasteiger partial charge in [0.25, 0.3) is 5.91 Å². The Kier molecular flexibility index (Phi) is 7.67. The third kappa shape index (κ3) is 5.59. The zero-order valence-electron chi connectivity index (χ0n) is 14.0. The fourth-order valence-corrected chi connectivity index (χ4v) is 2.83. The second-order valence-corrected chi connectivity index (χ2v) is 5.85. The van der Waals surface area contributed by atoms with Crippen molar-refractivity contribution in [2.45, 2.75) is 6.92 Å². The lowest BCUT2D eigenvalue weighted by atomic mass is 10.2. The molecule has 6 nitrogen and oxygen atoms in total. The summed E-state index contributed by atoms with van der Waals surface area (Å²) < 4.78 is 10.4. The fourth-order valence-electron chi connectivity index (χ4n) is 2.03. The van der Waals surface area contributed by atoms with Crippen LogP contribution in [-0.2, 0) is 4.74 Å². The van der Waals surface area contributed by atoms with E-state index in [9.17, 15) is 4.79 Å². The highest BCUT2D eigenvalue weighted by Gasteiger charge is 2.11. The normalized spacial score (nSPS) is 10.6. The Hall–Kier alpha value is -1.96. The first kappa shape index (κ1) is 18.4. The highest BCUT2D eigenvalue weighted by Crippen LogP contribution is 2.25. The predicted octanol–water partition coefficient (Wildman–Crippen LogP) is 2.17. The molecule has 0 fully saturated rings. The summed E-state index contributed by atoms with van der Waals surface area (Å²) in [5, 5.41) is 8.62. The maximum atomic E-state index is 12.1. The Morgan fingerprint density at radius 3 is 2.71 bits per heavy atom. The van der Waals surface area contributed by atoms with Crippen LogP contribution >= 0.6 is 11.3 Å². The van der Waals surface area contributed by atoms with E-state index in [1.165, 1.54) is 11.3 Å². The van der Waals surface area contributed by atoms with Gasteiger partial charge in [-0.1, -0.05) is 0 Å². The van der Waals surface area contributed by atoms with E-state index in [1.807, 2.05) is 31.2 Å². The molecule has 24 heavy (non-hydrogen) atoms. The van der Waals surface area contributed by atoms with E-state index < -0.39 is 0 Å². The van der Waals surface area contributed by atoms with Crippen LogP contribution in [0, 0.1) is 0 Å². The van der Waals surface area contributed by atoms with Crippen molar-refractivity contribution < 1.29 is 14.3 Å². The van der Waals surface area contributed by atoms with Crippen molar-refractivity contribution in [1.82, 2.24) is 15.6 Å². The van der Waals surface area contributed by atoms with Gasteiger partial charge < -0.3 is 20.1 Å². The Morgan fingerprint density at radius 2 is 2.00 bits per heavy atom. The number of methoxy groups -OCH3 is 1. The molecule has 1 aromatic carbocycles. The average Bonchev–Trinajstić information content (AvgIpc) is 3.09. The highest BCUT2D eigenvalue weighted by molar-refractivity contribution is 7.13. The number of thiazole rings is 1. The highest BCUT2D eigenvalue weighted by atomic mass is 32.1. The van der Waals surface area contributed by atoms with Crippen LogP contribution in [0.4, 0.5) is 0 Å². The average molecular weight is 349 g/mol. The third-order valence-electron chi connectivity index (χ3n) is 3.22. The molecule has 0 unspecified atom stereocenters. The van der Waals surface area contributed by atoms with Gasteiger partial charge in [-0.3, -0.25) is 4.79 Å². The Balaban J connectivity index is 1.84. The zero-order valence-corrected chi connectivity index (χ0v) is 14.8. The van der Waals surface area contributed by atoms with Crippen molar-refractivity contribution in [3.8, 4) is 16.3 Å². The minimum atomic E-state index is -0.156. The van der Waals surface area contributed by atoms with Crippen molar-refractivity contribution in [2.75, 3.05) is 40.0 Å². The molecule has 0 aliphatic rings. The number of aromatic nitrogens is 1. The van der Waals surface area contributed by atoms with Crippen LogP contribution in [0.15, 0.2) is 29.6 Å². The lowest BCUT2D eigenvalue weighted by Gasteiger charge is -2.05. The minimum Gasteiger partial charge on any atom is -0.494 e. The standard InChI is InChI=1S/C17H23N3O3S/c1-3-23-14-6-4-13(5-7-14)17-20-15(12-24-17)16(21)19-9-8-18-10-11-22-2/h4-7,12,18H,3,8-11H2,1-2H3,(H,19,21). The summed E-state index contributed by atoms with van der Waals surface area (Å²) in [7, 11) is 1.66. The molecule has 2 N–H and O–H groups in total. The fraction of sp³-hybridized carbons (Fsp3) is 0.412. The Morgan fingerprint density at radius 1 is 1.21 bits per heavy atom. The first-order valence-corrected chi connectivity index (χ1v) is 8.79. The molecule has 1 heterocycles. The summed E-state index contributed by atoms with van der Waals surface area (Å²) in [6.07, 6.45) is 0. The largest absolute Gasteiger partial charge is 0.494 e. The Bertz CT molecular complexity index is 628. The molecule has 0 saturated carbocycles. The van der Waals surface area contributed by atoms with Gasteiger partial charge in [0.1, 0.15) is 16.5 Å². The first-order valence-electron chi connectivity index (χ1n) is 7.91. The maximum absolute atomic E-state index is 12.1. The zero-order chi connectivity index (χ0) is 17.2. The molecule has 7 heteroatoms. The number of ether oxygens (including phenoxy) is 2. The van der Waals surface area contributed by atoms with E-state index in [2.05, 4.69) is 15.6 Å². The van der Waals surface area contributed by atoms with E-state index in [1.54, 1.807) is 12.5 Å². The monoisotopic (exact) mass is 349 g/mol. The topological polar surface area (TPSA) is 72.5 Å². The third-order valence-corrected chi connectivity index (χ3v) is 4.11. The van der Waals surface area contributed by atoms with Crippen LogP contribution in [0.25, 0.3) is 10.6 Å². The van der Waals surface area contributed by atoms with Gasteiger partial charge in [0.2, 0.25) is 0 Å². The molecule has 0 aliphatic carbocycles. The van der Waals surface area contributed by atoms with Crippen molar-refractivity contribution in [3.63, 3.8) is 0 Å². The molecule has 130 valence electrons. The second kappa shape index (κ2) is 10.0. The van der Waals surface area contributed by atoms with Crippen LogP contribution in [0.2, 0.25) is 0 Å². The molecular weight excluding hydrogens is 326 g/mol. The SMILES string of the molecule is CCOc1ccc(-c2nc(C(=O)NCCNCCOC)cs2)cc1. The van der Waals surface area contributed by atoms with Crippen molar-refractivity contribution in [3.05, 3.63) is 35.3 Å². The second-order valence-electron chi connectivity index (χ2n) is 4.99. The summed E-state index contributed by atoms with van der Waals surface area (Å²) in [5.41, 5.74) is 1.42. The number of benzene rings is 1. The first-order chi connectivity index (χ1) is 11.7. The van der Waals surface area contributed by atoms with Gasteiger partial charge in [-0.15, -0.1) is 11.3 Å². The number of hydrogen-bond donors (Lipinski definition) is 2. The molecule has 0 aliphatic heterocycles. The van der Waals surface area contributed by atoms with E-state index in [4.69, 9.17) is 9.47 Å².